The van der Waals surface area contributed by atoms with E-state index in [1.807, 2.05) is 11.5 Å². The molecule has 1 unspecified atom stereocenters. The van der Waals surface area contributed by atoms with E-state index in [-0.39, 0.29) is 16.9 Å². The number of hydrogen-bond acceptors (Lipinski definition) is 2. The lowest BCUT2D eigenvalue weighted by molar-refractivity contribution is 0.221. The average molecular weight is 314 g/mol. The third kappa shape index (κ3) is 2.64. The van der Waals surface area contributed by atoms with E-state index in [2.05, 4.69) is 16.9 Å². The molecule has 0 spiro atoms. The van der Waals surface area contributed by atoms with Gasteiger partial charge in [0.25, 0.3) is 0 Å². The molecule has 0 bridgehead atoms. The first-order valence-electron chi connectivity index (χ1n) is 7.17. The highest BCUT2D eigenvalue weighted by Gasteiger charge is 2.26. The lowest BCUT2D eigenvalue weighted by Gasteiger charge is -2.31. The van der Waals surface area contributed by atoms with Crippen molar-refractivity contribution in [3.63, 3.8) is 0 Å². The summed E-state index contributed by atoms with van der Waals surface area (Å²) in [7, 11) is 2.08. The van der Waals surface area contributed by atoms with Crippen molar-refractivity contribution in [2.75, 3.05) is 20.1 Å². The fourth-order valence-corrected chi connectivity index (χ4v) is 3.21. The molecule has 2 heterocycles. The second-order valence-corrected chi connectivity index (χ2v) is 6.40. The van der Waals surface area contributed by atoms with E-state index < -0.39 is 11.6 Å². The van der Waals surface area contributed by atoms with Crippen LogP contribution in [0.15, 0.2) is 12.1 Å². The second kappa shape index (κ2) is 5.54. The van der Waals surface area contributed by atoms with Crippen LogP contribution < -0.4 is 0 Å². The van der Waals surface area contributed by atoms with Crippen LogP contribution in [0.25, 0.3) is 11.0 Å². The van der Waals surface area contributed by atoms with Crippen LogP contribution in [-0.2, 0) is 0 Å². The van der Waals surface area contributed by atoms with Gasteiger partial charge in [0.2, 0.25) is 0 Å². The van der Waals surface area contributed by atoms with Crippen LogP contribution in [0.1, 0.15) is 37.0 Å². The van der Waals surface area contributed by atoms with Crippen molar-refractivity contribution in [2.24, 2.45) is 0 Å². The van der Waals surface area contributed by atoms with Gasteiger partial charge >= 0.3 is 0 Å². The van der Waals surface area contributed by atoms with Gasteiger partial charge in [0.1, 0.15) is 17.2 Å². The normalized spacial score (nSPS) is 19.3. The van der Waals surface area contributed by atoms with E-state index in [9.17, 15) is 8.78 Å². The van der Waals surface area contributed by atoms with Gasteiger partial charge in [-0.05, 0) is 46.0 Å². The van der Waals surface area contributed by atoms with Crippen LogP contribution in [0.2, 0.25) is 0 Å². The van der Waals surface area contributed by atoms with E-state index in [1.54, 1.807) is 0 Å². The van der Waals surface area contributed by atoms with Crippen LogP contribution in [0.4, 0.5) is 8.78 Å². The smallest absolute Gasteiger partial charge is 0.153 e. The molecule has 21 heavy (non-hydrogen) atoms. The number of nitrogens with zero attached hydrogens (tertiary/aromatic N) is 3. The van der Waals surface area contributed by atoms with Crippen LogP contribution in [-0.4, -0.2) is 34.6 Å². The fourth-order valence-electron chi connectivity index (χ4n) is 3.06. The predicted octanol–water partition coefficient (Wildman–Crippen LogP) is 3.88. The van der Waals surface area contributed by atoms with E-state index in [1.165, 1.54) is 6.07 Å². The number of piperidine rings is 1. The Morgan fingerprint density at radius 1 is 1.29 bits per heavy atom. The molecule has 1 fully saturated rings. The molecule has 1 saturated heterocycles. The molecule has 0 N–H and O–H groups in total. The van der Waals surface area contributed by atoms with Crippen molar-refractivity contribution in [2.45, 2.75) is 31.2 Å². The summed E-state index contributed by atoms with van der Waals surface area (Å²) >= 11 is 6.21. The Morgan fingerprint density at radius 2 is 1.95 bits per heavy atom. The molecule has 1 atom stereocenters. The lowest BCUT2D eigenvalue weighted by Crippen LogP contribution is -2.32. The number of rotatable bonds is 2. The zero-order valence-electron chi connectivity index (χ0n) is 12.1. The topological polar surface area (TPSA) is 21.1 Å². The van der Waals surface area contributed by atoms with Gasteiger partial charge in [0, 0.05) is 12.1 Å². The standard InChI is InChI=1S/C15H18ClF2N3/c1-9(16)15-19-14-12(18)7-10(17)8-13(14)21(15)11-3-5-20(2)6-4-11/h7-9,11H,3-6H2,1-2H3. The van der Waals surface area contributed by atoms with Gasteiger partial charge in [-0.2, -0.15) is 0 Å². The first-order chi connectivity index (χ1) is 9.97. The molecule has 0 aliphatic carbocycles. The molecular weight excluding hydrogens is 296 g/mol. The molecule has 1 aromatic heterocycles. The molecule has 3 nitrogen and oxygen atoms in total. The highest BCUT2D eigenvalue weighted by Crippen LogP contribution is 2.33. The summed E-state index contributed by atoms with van der Waals surface area (Å²) in [5.74, 6) is -0.594. The maximum absolute atomic E-state index is 14.0. The Kier molecular flexibility index (Phi) is 3.88. The van der Waals surface area contributed by atoms with E-state index in [0.717, 1.165) is 32.0 Å². The number of alkyl halides is 1. The van der Waals surface area contributed by atoms with Gasteiger partial charge in [-0.15, -0.1) is 11.6 Å². The Labute approximate surface area is 127 Å². The third-order valence-electron chi connectivity index (χ3n) is 4.15. The summed E-state index contributed by atoms with van der Waals surface area (Å²) in [6, 6.07) is 2.41. The molecule has 6 heteroatoms. The summed E-state index contributed by atoms with van der Waals surface area (Å²) in [6.45, 7) is 3.72. The lowest BCUT2D eigenvalue weighted by atomic mass is 10.0. The highest BCUT2D eigenvalue weighted by molar-refractivity contribution is 6.20. The molecule has 1 aromatic carbocycles. The summed E-state index contributed by atoms with van der Waals surface area (Å²) < 4.78 is 29.5. The monoisotopic (exact) mass is 313 g/mol. The van der Waals surface area contributed by atoms with E-state index >= 15 is 0 Å². The minimum absolute atomic E-state index is 0.184. The number of fused-ring (bicyclic) bond motifs is 1. The maximum Gasteiger partial charge on any atom is 0.153 e. The highest BCUT2D eigenvalue weighted by atomic mass is 35.5. The summed E-state index contributed by atoms with van der Waals surface area (Å²) in [5, 5.41) is -0.348. The van der Waals surface area contributed by atoms with Gasteiger partial charge in [0.15, 0.2) is 5.82 Å². The van der Waals surface area contributed by atoms with Crippen molar-refractivity contribution in [3.8, 4) is 0 Å². The first-order valence-corrected chi connectivity index (χ1v) is 7.60. The minimum Gasteiger partial charge on any atom is -0.323 e. The minimum atomic E-state index is -0.629. The van der Waals surface area contributed by atoms with Crippen molar-refractivity contribution in [3.05, 3.63) is 29.6 Å². The number of likely N-dealkylation sites (tertiary alicyclic amines) is 1. The molecule has 0 amide bonds. The number of imidazole rings is 1. The first kappa shape index (κ1) is 14.7. The maximum atomic E-state index is 14.0. The number of benzene rings is 1. The Hall–Kier alpha value is -1.20. The van der Waals surface area contributed by atoms with E-state index in [4.69, 9.17) is 11.6 Å². The number of hydrogen-bond donors (Lipinski definition) is 0. The predicted molar refractivity (Wildman–Crippen MR) is 79.7 cm³/mol. The van der Waals surface area contributed by atoms with Gasteiger partial charge in [0.05, 0.1) is 10.9 Å². The quantitative estimate of drug-likeness (QED) is 0.785. The molecule has 3 rings (SSSR count). The number of aromatic nitrogens is 2. The summed E-state index contributed by atoms with van der Waals surface area (Å²) in [5.41, 5.74) is 0.711. The summed E-state index contributed by atoms with van der Waals surface area (Å²) in [6.07, 6.45) is 1.85. The summed E-state index contributed by atoms with van der Waals surface area (Å²) in [4.78, 5) is 6.57. The van der Waals surface area contributed by atoms with Crippen LogP contribution >= 0.6 is 11.6 Å². The molecule has 114 valence electrons. The SMILES string of the molecule is CC(Cl)c1nc2c(F)cc(F)cc2n1C1CCN(C)CC1. The Bertz CT molecular complexity index is 660. The van der Waals surface area contributed by atoms with E-state index in [0.29, 0.717) is 11.3 Å². The second-order valence-electron chi connectivity index (χ2n) is 5.75. The van der Waals surface area contributed by atoms with Gasteiger partial charge < -0.3 is 9.47 Å². The fraction of sp³-hybridized carbons (Fsp3) is 0.533. The molecule has 2 aromatic rings. The van der Waals surface area contributed by atoms with Crippen molar-refractivity contribution < 1.29 is 8.78 Å². The zero-order chi connectivity index (χ0) is 15.1. The van der Waals surface area contributed by atoms with Gasteiger partial charge in [-0.1, -0.05) is 0 Å². The molecule has 1 aliphatic heterocycles. The van der Waals surface area contributed by atoms with Crippen molar-refractivity contribution >= 4 is 22.6 Å². The molecule has 0 radical (unpaired) electrons. The van der Waals surface area contributed by atoms with Gasteiger partial charge in [-0.3, -0.25) is 0 Å². The molecular formula is C15H18ClF2N3. The van der Waals surface area contributed by atoms with Crippen LogP contribution in [0, 0.1) is 11.6 Å². The van der Waals surface area contributed by atoms with Crippen molar-refractivity contribution in [1.29, 1.82) is 0 Å². The van der Waals surface area contributed by atoms with Crippen LogP contribution in [0.3, 0.4) is 0 Å². The van der Waals surface area contributed by atoms with Gasteiger partial charge in [-0.25, -0.2) is 13.8 Å². The Balaban J connectivity index is 2.16. The Morgan fingerprint density at radius 3 is 2.57 bits per heavy atom. The molecule has 1 aliphatic rings. The third-order valence-corrected chi connectivity index (χ3v) is 4.34. The van der Waals surface area contributed by atoms with Crippen molar-refractivity contribution in [1.82, 2.24) is 14.5 Å². The van der Waals surface area contributed by atoms with Crippen LogP contribution in [0.5, 0.6) is 0 Å². The average Bonchev–Trinajstić information content (AvgIpc) is 2.79. The molecule has 0 saturated carbocycles. The number of halogens is 3. The largest absolute Gasteiger partial charge is 0.323 e. The zero-order valence-corrected chi connectivity index (χ0v) is 12.9.